The normalized spacial score (nSPS) is 32.7. The van der Waals surface area contributed by atoms with E-state index in [1.54, 1.807) is 0 Å². The third kappa shape index (κ3) is 4.50. The fourth-order valence-electron chi connectivity index (χ4n) is 3.92. The number of carbonyl (C=O) groups excluding carboxylic acids is 1. The second-order valence-electron chi connectivity index (χ2n) is 7.61. The van der Waals surface area contributed by atoms with Crippen LogP contribution < -0.4 is 10.6 Å². The molecule has 24 heavy (non-hydrogen) atoms. The monoisotopic (exact) mass is 330 g/mol. The number of ether oxygens (including phenoxy) is 1. The first-order valence-electron chi connectivity index (χ1n) is 9.35. The van der Waals surface area contributed by atoms with Gasteiger partial charge in [0.15, 0.2) is 0 Å². The van der Waals surface area contributed by atoms with Crippen LogP contribution in [0, 0.1) is 11.8 Å². The van der Waals surface area contributed by atoms with Crippen LogP contribution in [-0.4, -0.2) is 24.2 Å². The molecule has 0 aliphatic heterocycles. The van der Waals surface area contributed by atoms with Crippen molar-refractivity contribution >= 4 is 6.09 Å². The molecule has 2 N–H and O–H groups in total. The first-order chi connectivity index (χ1) is 11.6. The Morgan fingerprint density at radius 2 is 1.88 bits per heavy atom. The van der Waals surface area contributed by atoms with Gasteiger partial charge < -0.3 is 15.4 Å². The van der Waals surface area contributed by atoms with Gasteiger partial charge in [-0.25, -0.2) is 4.79 Å². The van der Waals surface area contributed by atoms with E-state index in [1.165, 1.54) is 19.3 Å². The lowest BCUT2D eigenvalue weighted by Crippen LogP contribution is -2.56. The SMILES string of the molecule is CC1CCCC(NC2CC(NC(=O)OCc3ccccc3)C2)C1C. The standard InChI is InChI=1S/C20H30N2O2/c1-14-7-6-10-19(15(14)2)21-17-11-18(12-17)22-20(23)24-13-16-8-4-3-5-9-16/h3-5,8-9,14-15,17-19,21H,6-7,10-13H2,1-2H3,(H,22,23). The average Bonchev–Trinajstić information content (AvgIpc) is 2.56. The highest BCUT2D eigenvalue weighted by molar-refractivity contribution is 5.67. The topological polar surface area (TPSA) is 50.4 Å². The van der Waals surface area contributed by atoms with Gasteiger partial charge in [0.1, 0.15) is 6.61 Å². The van der Waals surface area contributed by atoms with Crippen molar-refractivity contribution in [2.75, 3.05) is 0 Å². The maximum atomic E-state index is 11.9. The Bertz CT molecular complexity index is 528. The van der Waals surface area contributed by atoms with Crippen molar-refractivity contribution in [3.63, 3.8) is 0 Å². The summed E-state index contributed by atoms with van der Waals surface area (Å²) in [5.74, 6) is 1.57. The number of nitrogens with one attached hydrogen (secondary N) is 2. The second kappa shape index (κ2) is 8.02. The number of rotatable bonds is 5. The zero-order valence-corrected chi connectivity index (χ0v) is 14.8. The molecule has 0 saturated heterocycles. The van der Waals surface area contributed by atoms with Gasteiger partial charge in [0, 0.05) is 18.1 Å². The Labute approximate surface area is 145 Å². The Kier molecular flexibility index (Phi) is 5.77. The van der Waals surface area contributed by atoms with E-state index in [4.69, 9.17) is 4.74 Å². The molecule has 3 rings (SSSR count). The molecule has 3 atom stereocenters. The van der Waals surface area contributed by atoms with E-state index in [0.717, 1.165) is 30.2 Å². The molecule has 2 fully saturated rings. The van der Waals surface area contributed by atoms with Gasteiger partial charge in [-0.05, 0) is 36.7 Å². The Balaban J connectivity index is 1.32. The minimum atomic E-state index is -0.304. The van der Waals surface area contributed by atoms with E-state index in [2.05, 4.69) is 24.5 Å². The lowest BCUT2D eigenvalue weighted by atomic mass is 9.76. The minimum absolute atomic E-state index is 0.252. The van der Waals surface area contributed by atoms with Crippen molar-refractivity contribution in [2.24, 2.45) is 11.8 Å². The first kappa shape index (κ1) is 17.3. The van der Waals surface area contributed by atoms with Crippen molar-refractivity contribution < 1.29 is 9.53 Å². The van der Waals surface area contributed by atoms with Gasteiger partial charge in [-0.15, -0.1) is 0 Å². The maximum absolute atomic E-state index is 11.9. The summed E-state index contributed by atoms with van der Waals surface area (Å²) in [5, 5.41) is 6.78. The molecular weight excluding hydrogens is 300 g/mol. The Morgan fingerprint density at radius 1 is 1.12 bits per heavy atom. The number of benzene rings is 1. The van der Waals surface area contributed by atoms with Crippen LogP contribution in [0.1, 0.15) is 51.5 Å². The van der Waals surface area contributed by atoms with Gasteiger partial charge >= 0.3 is 6.09 Å². The summed E-state index contributed by atoms with van der Waals surface area (Å²) in [5.41, 5.74) is 1.02. The third-order valence-electron chi connectivity index (χ3n) is 5.83. The quantitative estimate of drug-likeness (QED) is 0.862. The number of carbonyl (C=O) groups is 1. The van der Waals surface area contributed by atoms with E-state index >= 15 is 0 Å². The van der Waals surface area contributed by atoms with E-state index in [0.29, 0.717) is 18.7 Å². The van der Waals surface area contributed by atoms with Gasteiger partial charge in [-0.2, -0.15) is 0 Å². The molecule has 0 bridgehead atoms. The molecule has 1 amide bonds. The molecule has 2 aliphatic carbocycles. The third-order valence-corrected chi connectivity index (χ3v) is 5.83. The van der Waals surface area contributed by atoms with Crippen LogP contribution in [0.2, 0.25) is 0 Å². The summed E-state index contributed by atoms with van der Waals surface area (Å²) in [6, 6.07) is 11.2. The van der Waals surface area contributed by atoms with E-state index in [-0.39, 0.29) is 12.1 Å². The fraction of sp³-hybridized carbons (Fsp3) is 0.650. The summed E-state index contributed by atoms with van der Waals surface area (Å²) in [4.78, 5) is 11.9. The molecule has 2 aliphatic rings. The predicted molar refractivity (Wildman–Crippen MR) is 95.7 cm³/mol. The summed E-state index contributed by atoms with van der Waals surface area (Å²) in [6.07, 6.45) is 5.71. The first-order valence-corrected chi connectivity index (χ1v) is 9.35. The minimum Gasteiger partial charge on any atom is -0.445 e. The highest BCUT2D eigenvalue weighted by Gasteiger charge is 2.35. The smallest absolute Gasteiger partial charge is 0.407 e. The van der Waals surface area contributed by atoms with Crippen molar-refractivity contribution in [1.29, 1.82) is 0 Å². The molecule has 1 aromatic carbocycles. The molecule has 4 nitrogen and oxygen atoms in total. The van der Waals surface area contributed by atoms with Gasteiger partial charge in [0.2, 0.25) is 0 Å². The fourth-order valence-corrected chi connectivity index (χ4v) is 3.92. The Hall–Kier alpha value is -1.55. The van der Waals surface area contributed by atoms with E-state index in [1.807, 2.05) is 30.3 Å². The number of hydrogen-bond acceptors (Lipinski definition) is 3. The molecule has 0 radical (unpaired) electrons. The lowest BCUT2D eigenvalue weighted by Gasteiger charge is -2.42. The summed E-state index contributed by atoms with van der Waals surface area (Å²) < 4.78 is 5.28. The average molecular weight is 330 g/mol. The summed E-state index contributed by atoms with van der Waals surface area (Å²) in [7, 11) is 0. The number of alkyl carbamates (subject to hydrolysis) is 1. The van der Waals surface area contributed by atoms with Crippen LogP contribution in [0.4, 0.5) is 4.79 Å². The molecule has 0 aromatic heterocycles. The number of hydrogen-bond donors (Lipinski definition) is 2. The molecular formula is C20H30N2O2. The zero-order chi connectivity index (χ0) is 16.9. The predicted octanol–water partition coefficient (Wildman–Crippen LogP) is 3.86. The number of amides is 1. The van der Waals surface area contributed by atoms with Gasteiger partial charge in [-0.1, -0.05) is 57.0 Å². The molecule has 4 heteroatoms. The largest absolute Gasteiger partial charge is 0.445 e. The molecule has 0 spiro atoms. The van der Waals surface area contributed by atoms with Crippen molar-refractivity contribution in [1.82, 2.24) is 10.6 Å². The van der Waals surface area contributed by atoms with Crippen LogP contribution in [0.3, 0.4) is 0 Å². The molecule has 1 aromatic rings. The Morgan fingerprint density at radius 3 is 2.62 bits per heavy atom. The van der Waals surface area contributed by atoms with Gasteiger partial charge in [0.05, 0.1) is 0 Å². The van der Waals surface area contributed by atoms with Crippen LogP contribution in [0.5, 0.6) is 0 Å². The van der Waals surface area contributed by atoms with E-state index < -0.39 is 0 Å². The highest BCUT2D eigenvalue weighted by atomic mass is 16.5. The van der Waals surface area contributed by atoms with Gasteiger partial charge in [-0.3, -0.25) is 0 Å². The van der Waals surface area contributed by atoms with Crippen LogP contribution in [0.25, 0.3) is 0 Å². The van der Waals surface area contributed by atoms with Crippen LogP contribution in [0.15, 0.2) is 30.3 Å². The summed E-state index contributed by atoms with van der Waals surface area (Å²) >= 11 is 0. The summed E-state index contributed by atoms with van der Waals surface area (Å²) in [6.45, 7) is 5.07. The zero-order valence-electron chi connectivity index (χ0n) is 14.8. The van der Waals surface area contributed by atoms with Crippen molar-refractivity contribution in [2.45, 2.75) is 70.7 Å². The molecule has 3 unspecified atom stereocenters. The van der Waals surface area contributed by atoms with Crippen LogP contribution in [-0.2, 0) is 11.3 Å². The maximum Gasteiger partial charge on any atom is 0.407 e. The lowest BCUT2D eigenvalue weighted by molar-refractivity contribution is 0.118. The van der Waals surface area contributed by atoms with Crippen molar-refractivity contribution in [3.05, 3.63) is 35.9 Å². The molecule has 132 valence electrons. The molecule has 0 heterocycles. The highest BCUT2D eigenvalue weighted by Crippen LogP contribution is 2.31. The van der Waals surface area contributed by atoms with E-state index in [9.17, 15) is 4.79 Å². The van der Waals surface area contributed by atoms with Gasteiger partial charge in [0.25, 0.3) is 0 Å². The molecule has 2 saturated carbocycles. The van der Waals surface area contributed by atoms with Crippen molar-refractivity contribution in [3.8, 4) is 0 Å². The van der Waals surface area contributed by atoms with Crippen LogP contribution >= 0.6 is 0 Å². The second-order valence-corrected chi connectivity index (χ2v) is 7.61.